The van der Waals surface area contributed by atoms with E-state index in [1.54, 1.807) is 12.4 Å². The lowest BCUT2D eigenvalue weighted by Crippen LogP contribution is -1.98. The Morgan fingerprint density at radius 1 is 0.839 bits per heavy atom. The number of allylic oxidation sites excluding steroid dienone is 1. The van der Waals surface area contributed by atoms with Crippen molar-refractivity contribution in [2.24, 2.45) is 0 Å². The number of hydrogen-bond acceptors (Lipinski definition) is 4. The van der Waals surface area contributed by atoms with E-state index >= 15 is 0 Å². The van der Waals surface area contributed by atoms with Gasteiger partial charge in [-0.05, 0) is 59.7 Å². The van der Waals surface area contributed by atoms with E-state index < -0.39 is 0 Å². The first-order valence-corrected chi connectivity index (χ1v) is 9.91. The molecule has 0 aliphatic heterocycles. The Morgan fingerprint density at radius 3 is 2.29 bits per heavy atom. The highest BCUT2D eigenvalue weighted by molar-refractivity contribution is 5.91. The lowest BCUT2D eigenvalue weighted by Gasteiger charge is -2.12. The molecule has 0 aliphatic rings. The fourth-order valence-corrected chi connectivity index (χ4v) is 3.14. The molecule has 4 nitrogen and oxygen atoms in total. The normalized spacial score (nSPS) is 10.3. The Kier molecular flexibility index (Phi) is 6.19. The molecule has 0 radical (unpaired) electrons. The molecule has 0 aliphatic carbocycles. The Morgan fingerprint density at radius 2 is 1.55 bits per heavy atom. The predicted octanol–water partition coefficient (Wildman–Crippen LogP) is 6.63. The summed E-state index contributed by atoms with van der Waals surface area (Å²) < 4.78 is 12.0. The molecule has 0 N–H and O–H groups in total. The van der Waals surface area contributed by atoms with Gasteiger partial charge in [-0.2, -0.15) is 0 Å². The van der Waals surface area contributed by atoms with Crippen LogP contribution in [0.5, 0.6) is 23.0 Å². The maximum atomic E-state index is 11.7. The van der Waals surface area contributed by atoms with Crippen molar-refractivity contribution in [2.75, 3.05) is 0 Å². The van der Waals surface area contributed by atoms with E-state index in [2.05, 4.69) is 11.6 Å². The summed E-state index contributed by atoms with van der Waals surface area (Å²) >= 11 is 0. The van der Waals surface area contributed by atoms with E-state index in [1.807, 2.05) is 84.9 Å². The van der Waals surface area contributed by atoms with Gasteiger partial charge in [0.15, 0.2) is 5.78 Å². The number of para-hydroxylation sites is 1. The van der Waals surface area contributed by atoms with E-state index in [9.17, 15) is 4.79 Å². The van der Waals surface area contributed by atoms with Crippen molar-refractivity contribution in [3.63, 3.8) is 0 Å². The highest BCUT2D eigenvalue weighted by atomic mass is 16.5. The minimum Gasteiger partial charge on any atom is -0.457 e. The minimum atomic E-state index is -0.0161. The summed E-state index contributed by atoms with van der Waals surface area (Å²) in [6, 6.07) is 26.7. The van der Waals surface area contributed by atoms with Crippen molar-refractivity contribution in [1.29, 1.82) is 0 Å². The number of carbonyl (C=O) groups excluding carboxylic acids is 1. The van der Waals surface area contributed by atoms with Gasteiger partial charge in [0, 0.05) is 24.4 Å². The summed E-state index contributed by atoms with van der Waals surface area (Å²) in [5.41, 5.74) is 2.70. The fraction of sp³-hybridized carbons (Fsp3) is 0.0370. The second-order valence-electron chi connectivity index (χ2n) is 6.91. The molecule has 1 heterocycles. The van der Waals surface area contributed by atoms with Crippen LogP contribution in [-0.4, -0.2) is 10.8 Å². The molecule has 0 spiro atoms. The fourth-order valence-electron chi connectivity index (χ4n) is 3.14. The number of carbonyl (C=O) groups is 1. The second-order valence-corrected chi connectivity index (χ2v) is 6.91. The van der Waals surface area contributed by atoms with Crippen LogP contribution in [0.25, 0.3) is 11.1 Å². The molecule has 4 heteroatoms. The number of rotatable bonds is 8. The van der Waals surface area contributed by atoms with Crippen molar-refractivity contribution in [3.8, 4) is 34.1 Å². The van der Waals surface area contributed by atoms with Crippen LogP contribution in [-0.2, 0) is 11.2 Å². The Balaban J connectivity index is 1.53. The van der Waals surface area contributed by atoms with Crippen LogP contribution in [0.3, 0.4) is 0 Å². The molecule has 31 heavy (non-hydrogen) atoms. The maximum absolute atomic E-state index is 11.7. The highest BCUT2D eigenvalue weighted by Gasteiger charge is 2.10. The third-order valence-corrected chi connectivity index (χ3v) is 4.66. The Hall–Kier alpha value is -4.18. The van der Waals surface area contributed by atoms with E-state index in [1.165, 1.54) is 6.08 Å². The largest absolute Gasteiger partial charge is 0.457 e. The maximum Gasteiger partial charge on any atom is 0.159 e. The number of hydrogen-bond donors (Lipinski definition) is 0. The quantitative estimate of drug-likeness (QED) is 0.308. The van der Waals surface area contributed by atoms with Crippen molar-refractivity contribution in [1.82, 2.24) is 4.98 Å². The first-order chi connectivity index (χ1) is 15.2. The van der Waals surface area contributed by atoms with Gasteiger partial charge in [0.05, 0.1) is 0 Å². The van der Waals surface area contributed by atoms with E-state index in [-0.39, 0.29) is 5.78 Å². The Bertz CT molecular complexity index is 1180. The summed E-state index contributed by atoms with van der Waals surface area (Å²) in [5.74, 6) is 2.86. The summed E-state index contributed by atoms with van der Waals surface area (Å²) in [6.45, 7) is 3.54. The first-order valence-electron chi connectivity index (χ1n) is 9.91. The number of nitrogens with zero attached hydrogens (tertiary/aromatic N) is 1. The molecule has 4 aromatic rings. The van der Waals surface area contributed by atoms with Crippen molar-refractivity contribution in [3.05, 3.63) is 116 Å². The molecule has 1 aromatic heterocycles. The molecule has 3 aromatic carbocycles. The van der Waals surface area contributed by atoms with Gasteiger partial charge < -0.3 is 9.47 Å². The van der Waals surface area contributed by atoms with Crippen LogP contribution >= 0.6 is 0 Å². The summed E-state index contributed by atoms with van der Waals surface area (Å²) in [7, 11) is 0. The van der Waals surface area contributed by atoms with Gasteiger partial charge in [-0.1, -0.05) is 49.0 Å². The van der Waals surface area contributed by atoms with Crippen LogP contribution in [0.15, 0.2) is 110 Å². The van der Waals surface area contributed by atoms with Gasteiger partial charge in [0.2, 0.25) is 0 Å². The van der Waals surface area contributed by atoms with Crippen LogP contribution in [0.2, 0.25) is 0 Å². The van der Waals surface area contributed by atoms with Crippen LogP contribution in [0.1, 0.15) is 5.56 Å². The van der Waals surface area contributed by atoms with Crippen molar-refractivity contribution < 1.29 is 14.3 Å². The molecule has 0 saturated heterocycles. The molecule has 0 atom stereocenters. The summed E-state index contributed by atoms with van der Waals surface area (Å²) in [5, 5.41) is 0. The summed E-state index contributed by atoms with van der Waals surface area (Å²) in [6.07, 6.45) is 5.11. The van der Waals surface area contributed by atoms with E-state index in [4.69, 9.17) is 9.47 Å². The third kappa shape index (κ3) is 5.25. The number of pyridine rings is 1. The van der Waals surface area contributed by atoms with Crippen LogP contribution < -0.4 is 9.47 Å². The molecular formula is C27H21NO3. The van der Waals surface area contributed by atoms with E-state index in [0.717, 1.165) is 28.2 Å². The Labute approximate surface area is 181 Å². The van der Waals surface area contributed by atoms with Crippen LogP contribution in [0.4, 0.5) is 0 Å². The smallest absolute Gasteiger partial charge is 0.159 e. The number of ether oxygens (including phenoxy) is 2. The number of benzene rings is 3. The lowest BCUT2D eigenvalue weighted by molar-refractivity contribution is -0.114. The molecular weight excluding hydrogens is 386 g/mol. The van der Waals surface area contributed by atoms with Gasteiger partial charge in [-0.25, -0.2) is 0 Å². The number of aromatic nitrogens is 1. The van der Waals surface area contributed by atoms with E-state index in [0.29, 0.717) is 17.9 Å². The second kappa shape index (κ2) is 9.55. The monoisotopic (exact) mass is 407 g/mol. The van der Waals surface area contributed by atoms with Crippen molar-refractivity contribution >= 4 is 5.78 Å². The van der Waals surface area contributed by atoms with Gasteiger partial charge in [0.25, 0.3) is 0 Å². The zero-order valence-corrected chi connectivity index (χ0v) is 16.9. The van der Waals surface area contributed by atoms with Gasteiger partial charge in [-0.15, -0.1) is 0 Å². The first kappa shape index (κ1) is 20.1. The molecule has 0 bridgehead atoms. The molecule has 4 rings (SSSR count). The standard InChI is InChI=1S/C27H21NO3/c1-2-22(29)18-20-7-6-8-21(17-20)26-19-28-16-15-27(26)31-25-13-11-24(12-14-25)30-23-9-4-3-5-10-23/h2-17,19H,1,18H2. The van der Waals surface area contributed by atoms with Gasteiger partial charge >= 0.3 is 0 Å². The van der Waals surface area contributed by atoms with Gasteiger partial charge in [-0.3, -0.25) is 9.78 Å². The highest BCUT2D eigenvalue weighted by Crippen LogP contribution is 2.34. The predicted molar refractivity (Wildman–Crippen MR) is 122 cm³/mol. The SMILES string of the molecule is C=CC(=O)Cc1cccc(-c2cnccc2Oc2ccc(Oc3ccccc3)cc2)c1. The molecule has 0 unspecified atom stereocenters. The zero-order chi connectivity index (χ0) is 21.5. The average molecular weight is 407 g/mol. The minimum absolute atomic E-state index is 0.0161. The van der Waals surface area contributed by atoms with Crippen LogP contribution in [0, 0.1) is 0 Å². The molecule has 0 fully saturated rings. The summed E-state index contributed by atoms with van der Waals surface area (Å²) in [4.78, 5) is 16.0. The molecule has 0 amide bonds. The van der Waals surface area contributed by atoms with Gasteiger partial charge in [0.1, 0.15) is 23.0 Å². The average Bonchev–Trinajstić information content (AvgIpc) is 2.81. The lowest BCUT2D eigenvalue weighted by atomic mass is 10.0. The molecule has 0 saturated carbocycles. The van der Waals surface area contributed by atoms with Crippen molar-refractivity contribution in [2.45, 2.75) is 6.42 Å². The topological polar surface area (TPSA) is 48.4 Å². The molecule has 152 valence electrons. The zero-order valence-electron chi connectivity index (χ0n) is 16.9. The number of ketones is 1. The third-order valence-electron chi connectivity index (χ3n) is 4.66.